The molecular formula is C16H25IN4. The number of para-hydroxylation sites is 1. The zero-order chi connectivity index (χ0) is 14.5. The number of aliphatic imine (C=N–C) groups is 1. The summed E-state index contributed by atoms with van der Waals surface area (Å²) in [5.41, 5.74) is 9.79. The molecule has 21 heavy (non-hydrogen) atoms. The number of H-pyrrole nitrogens is 1. The number of benzene rings is 1. The Kier molecular flexibility index (Phi) is 7.01. The summed E-state index contributed by atoms with van der Waals surface area (Å²) in [4.78, 5) is 9.90. The summed E-state index contributed by atoms with van der Waals surface area (Å²) in [6.45, 7) is 8.83. The summed E-state index contributed by atoms with van der Waals surface area (Å²) >= 11 is 0. The van der Waals surface area contributed by atoms with Gasteiger partial charge in [-0.25, -0.2) is 0 Å². The molecule has 0 saturated heterocycles. The van der Waals surface area contributed by atoms with E-state index in [0.717, 1.165) is 26.1 Å². The molecule has 5 heteroatoms. The summed E-state index contributed by atoms with van der Waals surface area (Å²) in [6, 6.07) is 6.38. The largest absolute Gasteiger partial charge is 0.370 e. The zero-order valence-corrected chi connectivity index (χ0v) is 15.3. The fraction of sp³-hybridized carbons (Fsp3) is 0.438. The Hall–Kier alpha value is -1.24. The molecule has 0 spiro atoms. The van der Waals surface area contributed by atoms with Gasteiger partial charge in [-0.05, 0) is 38.3 Å². The lowest BCUT2D eigenvalue weighted by Gasteiger charge is -2.19. The first-order valence-corrected chi connectivity index (χ1v) is 7.27. The van der Waals surface area contributed by atoms with Crippen LogP contribution in [0.1, 0.15) is 25.0 Å². The number of nitrogens with zero attached hydrogens (tertiary/aromatic N) is 2. The highest BCUT2D eigenvalue weighted by atomic mass is 127. The molecule has 0 aliphatic rings. The van der Waals surface area contributed by atoms with Crippen LogP contribution in [0.4, 0.5) is 0 Å². The normalized spacial score (nSPS) is 11.5. The number of rotatable bonds is 5. The van der Waals surface area contributed by atoms with Gasteiger partial charge in [0.15, 0.2) is 5.96 Å². The third-order valence-electron chi connectivity index (χ3n) is 3.75. The van der Waals surface area contributed by atoms with Gasteiger partial charge >= 0.3 is 0 Å². The number of halogens is 1. The van der Waals surface area contributed by atoms with Gasteiger partial charge in [-0.15, -0.1) is 24.0 Å². The highest BCUT2D eigenvalue weighted by Crippen LogP contribution is 2.21. The van der Waals surface area contributed by atoms with Crippen LogP contribution in [0.15, 0.2) is 29.4 Å². The zero-order valence-electron chi connectivity index (χ0n) is 13.0. The van der Waals surface area contributed by atoms with Crippen molar-refractivity contribution in [1.82, 2.24) is 9.88 Å². The van der Waals surface area contributed by atoms with E-state index >= 15 is 0 Å². The van der Waals surface area contributed by atoms with Crippen LogP contribution in [0.2, 0.25) is 0 Å². The predicted octanol–water partition coefficient (Wildman–Crippen LogP) is 3.29. The first-order valence-electron chi connectivity index (χ1n) is 7.27. The Morgan fingerprint density at radius 1 is 1.29 bits per heavy atom. The van der Waals surface area contributed by atoms with Gasteiger partial charge in [0.05, 0.1) is 0 Å². The topological polar surface area (TPSA) is 57.4 Å². The van der Waals surface area contributed by atoms with E-state index in [1.807, 2.05) is 0 Å². The monoisotopic (exact) mass is 400 g/mol. The van der Waals surface area contributed by atoms with Gasteiger partial charge in [0.1, 0.15) is 0 Å². The lowest BCUT2D eigenvalue weighted by Crippen LogP contribution is -2.37. The maximum atomic E-state index is 5.98. The summed E-state index contributed by atoms with van der Waals surface area (Å²) in [7, 11) is 0. The second-order valence-electron chi connectivity index (χ2n) is 4.97. The van der Waals surface area contributed by atoms with Crippen molar-refractivity contribution in [3.05, 3.63) is 35.5 Å². The van der Waals surface area contributed by atoms with E-state index < -0.39 is 0 Å². The maximum absolute atomic E-state index is 5.98. The molecule has 2 rings (SSSR count). The number of nitrogens with one attached hydrogen (secondary N) is 1. The lowest BCUT2D eigenvalue weighted by molar-refractivity contribution is 0.458. The molecule has 4 nitrogen and oxygen atoms in total. The van der Waals surface area contributed by atoms with Crippen LogP contribution in [-0.2, 0) is 6.42 Å². The second kappa shape index (κ2) is 8.26. The quantitative estimate of drug-likeness (QED) is 0.460. The smallest absolute Gasteiger partial charge is 0.191 e. The molecule has 0 radical (unpaired) electrons. The van der Waals surface area contributed by atoms with Gasteiger partial charge < -0.3 is 15.6 Å². The summed E-state index contributed by atoms with van der Waals surface area (Å²) in [5, 5.41) is 1.29. The molecule has 0 fully saturated rings. The minimum Gasteiger partial charge on any atom is -0.370 e. The molecule has 0 saturated carbocycles. The molecule has 0 atom stereocenters. The average Bonchev–Trinajstić information content (AvgIpc) is 2.85. The standard InChI is InChI=1S/C16H24N4.HI/c1-4-20(5-2)16(17)18-10-9-13-11-19-15-12(3)7-6-8-14(13)15;/h6-8,11,19H,4-5,9-10H2,1-3H3,(H2,17,18);1H. The summed E-state index contributed by atoms with van der Waals surface area (Å²) in [6.07, 6.45) is 2.99. The Labute approximate surface area is 143 Å². The minimum absolute atomic E-state index is 0. The van der Waals surface area contributed by atoms with Gasteiger partial charge in [0.2, 0.25) is 0 Å². The van der Waals surface area contributed by atoms with E-state index in [1.54, 1.807) is 0 Å². The number of aromatic amines is 1. The van der Waals surface area contributed by atoms with Crippen molar-refractivity contribution < 1.29 is 0 Å². The van der Waals surface area contributed by atoms with Gasteiger partial charge in [0, 0.05) is 36.7 Å². The minimum atomic E-state index is 0. The Bertz CT molecular complexity index is 599. The molecule has 1 aromatic carbocycles. The van der Waals surface area contributed by atoms with Crippen LogP contribution in [-0.4, -0.2) is 35.5 Å². The number of aromatic nitrogens is 1. The van der Waals surface area contributed by atoms with Gasteiger partial charge in [-0.3, -0.25) is 4.99 Å². The first kappa shape index (κ1) is 17.8. The van der Waals surface area contributed by atoms with Crippen molar-refractivity contribution in [3.63, 3.8) is 0 Å². The van der Waals surface area contributed by atoms with Crippen LogP contribution in [0.25, 0.3) is 10.9 Å². The van der Waals surface area contributed by atoms with E-state index in [9.17, 15) is 0 Å². The molecule has 1 heterocycles. The van der Waals surface area contributed by atoms with E-state index in [2.05, 4.69) is 60.0 Å². The Morgan fingerprint density at radius 3 is 2.67 bits per heavy atom. The van der Waals surface area contributed by atoms with Crippen molar-refractivity contribution in [3.8, 4) is 0 Å². The van der Waals surface area contributed by atoms with E-state index in [1.165, 1.54) is 22.0 Å². The Balaban J connectivity index is 0.00000220. The molecular weight excluding hydrogens is 375 g/mol. The maximum Gasteiger partial charge on any atom is 0.191 e. The first-order chi connectivity index (χ1) is 9.67. The molecule has 0 aliphatic heterocycles. The fourth-order valence-corrected chi connectivity index (χ4v) is 2.51. The predicted molar refractivity (Wildman–Crippen MR) is 102 cm³/mol. The van der Waals surface area contributed by atoms with Crippen molar-refractivity contribution in [2.24, 2.45) is 10.7 Å². The number of aryl methyl sites for hydroxylation is 1. The van der Waals surface area contributed by atoms with Crippen LogP contribution in [0.3, 0.4) is 0 Å². The summed E-state index contributed by atoms with van der Waals surface area (Å²) < 4.78 is 0. The highest BCUT2D eigenvalue weighted by molar-refractivity contribution is 14.0. The third-order valence-corrected chi connectivity index (χ3v) is 3.75. The van der Waals surface area contributed by atoms with Crippen LogP contribution < -0.4 is 5.73 Å². The highest BCUT2D eigenvalue weighted by Gasteiger charge is 2.05. The fourth-order valence-electron chi connectivity index (χ4n) is 2.51. The number of fused-ring (bicyclic) bond motifs is 1. The molecule has 0 unspecified atom stereocenters. The van der Waals surface area contributed by atoms with Crippen LogP contribution >= 0.6 is 24.0 Å². The molecule has 2 aromatic rings. The number of hydrogen-bond donors (Lipinski definition) is 2. The number of nitrogens with two attached hydrogens (primary N) is 1. The number of guanidine groups is 1. The SMILES string of the molecule is CCN(CC)C(N)=NCCc1c[nH]c2c(C)cccc12.I. The average molecular weight is 400 g/mol. The van der Waals surface area contributed by atoms with Crippen LogP contribution in [0.5, 0.6) is 0 Å². The van der Waals surface area contributed by atoms with Crippen LogP contribution in [0, 0.1) is 6.92 Å². The third kappa shape index (κ3) is 4.12. The van der Waals surface area contributed by atoms with E-state index in [0.29, 0.717) is 5.96 Å². The molecule has 0 bridgehead atoms. The van der Waals surface area contributed by atoms with Crippen molar-refractivity contribution in [2.75, 3.05) is 19.6 Å². The molecule has 0 amide bonds. The van der Waals surface area contributed by atoms with Gasteiger partial charge in [-0.2, -0.15) is 0 Å². The molecule has 116 valence electrons. The molecule has 3 N–H and O–H groups in total. The summed E-state index contributed by atoms with van der Waals surface area (Å²) in [5.74, 6) is 0.644. The van der Waals surface area contributed by atoms with Crippen molar-refractivity contribution >= 4 is 40.8 Å². The van der Waals surface area contributed by atoms with Crippen molar-refractivity contribution in [2.45, 2.75) is 27.2 Å². The van der Waals surface area contributed by atoms with Crippen molar-refractivity contribution in [1.29, 1.82) is 0 Å². The van der Waals surface area contributed by atoms with Gasteiger partial charge in [0.25, 0.3) is 0 Å². The number of hydrogen-bond acceptors (Lipinski definition) is 1. The molecule has 1 aromatic heterocycles. The lowest BCUT2D eigenvalue weighted by atomic mass is 10.1. The van der Waals surface area contributed by atoms with E-state index in [4.69, 9.17) is 5.73 Å². The second-order valence-corrected chi connectivity index (χ2v) is 4.97. The van der Waals surface area contributed by atoms with E-state index in [-0.39, 0.29) is 24.0 Å². The molecule has 0 aliphatic carbocycles. The van der Waals surface area contributed by atoms with Gasteiger partial charge in [-0.1, -0.05) is 18.2 Å². The Morgan fingerprint density at radius 2 is 2.00 bits per heavy atom.